The molecule has 0 aliphatic carbocycles. The Hall–Kier alpha value is -2.93. The number of aromatic nitrogens is 3. The molecule has 0 unspecified atom stereocenters. The van der Waals surface area contributed by atoms with Crippen LogP contribution in [0.5, 0.6) is 0 Å². The van der Waals surface area contributed by atoms with Gasteiger partial charge in [0.1, 0.15) is 17.0 Å². The van der Waals surface area contributed by atoms with Gasteiger partial charge in [-0.3, -0.25) is 4.79 Å². The maximum absolute atomic E-state index is 12.9. The minimum absolute atomic E-state index is 0.340. The summed E-state index contributed by atoms with van der Waals surface area (Å²) in [5, 5.41) is 7.36. The topological polar surface area (TPSA) is 84.2 Å². The molecule has 3 heterocycles. The van der Waals surface area contributed by atoms with Gasteiger partial charge in [-0.1, -0.05) is 41.9 Å². The Labute approximate surface area is 174 Å². The van der Waals surface area contributed by atoms with Crippen LogP contribution in [-0.2, 0) is 0 Å². The van der Waals surface area contributed by atoms with Gasteiger partial charge in [-0.2, -0.15) is 0 Å². The van der Waals surface area contributed by atoms with Crippen molar-refractivity contribution in [2.75, 3.05) is 23.3 Å². The molecule has 1 saturated heterocycles. The number of piperidine rings is 1. The summed E-state index contributed by atoms with van der Waals surface area (Å²) in [5.74, 6) is 1.50. The number of hydrogen-bond donors (Lipinski definition) is 1. The number of carbonyl (C=O) groups is 1. The number of benzene rings is 1. The van der Waals surface area contributed by atoms with Gasteiger partial charge in [0.25, 0.3) is 5.91 Å². The van der Waals surface area contributed by atoms with E-state index in [1.807, 2.05) is 12.1 Å². The van der Waals surface area contributed by atoms with Gasteiger partial charge in [-0.25, -0.2) is 9.97 Å². The second-order valence-corrected chi connectivity index (χ2v) is 7.74. The van der Waals surface area contributed by atoms with E-state index >= 15 is 0 Å². The molecule has 3 aromatic rings. The van der Waals surface area contributed by atoms with Crippen LogP contribution in [0.4, 0.5) is 11.6 Å². The molecule has 1 aromatic carbocycles. The number of rotatable bonds is 4. The fourth-order valence-corrected chi connectivity index (χ4v) is 3.65. The van der Waals surface area contributed by atoms with E-state index in [9.17, 15) is 4.79 Å². The number of nitrogens with one attached hydrogen (secondary N) is 1. The molecule has 1 N–H and O–H groups in total. The van der Waals surface area contributed by atoms with Crippen molar-refractivity contribution in [2.24, 2.45) is 5.92 Å². The monoisotopic (exact) mass is 411 g/mol. The Balaban J connectivity index is 1.52. The van der Waals surface area contributed by atoms with Crippen LogP contribution in [0.2, 0.25) is 5.02 Å². The van der Waals surface area contributed by atoms with E-state index in [1.54, 1.807) is 31.5 Å². The number of anilines is 2. The lowest BCUT2D eigenvalue weighted by atomic mass is 10.00. The second kappa shape index (κ2) is 8.21. The molecule has 8 heteroatoms. The molecule has 0 bridgehead atoms. The van der Waals surface area contributed by atoms with E-state index in [-0.39, 0.29) is 5.91 Å². The van der Waals surface area contributed by atoms with Crippen LogP contribution in [0.25, 0.3) is 11.3 Å². The standard InChI is InChI=1S/C21H22ClN5O2/c1-13-7-9-27(10-8-13)21-23-11-15(12-24-21)25-20(28)18-14(2)29-26-19(18)16-5-3-4-6-17(16)22/h3-6,11-13H,7-10H2,1-2H3,(H,25,28). The molecule has 0 radical (unpaired) electrons. The Morgan fingerprint density at radius 2 is 1.90 bits per heavy atom. The zero-order valence-electron chi connectivity index (χ0n) is 16.4. The molecule has 1 fully saturated rings. The summed E-state index contributed by atoms with van der Waals surface area (Å²) in [6.45, 7) is 5.86. The first kappa shape index (κ1) is 19.4. The highest BCUT2D eigenvalue weighted by molar-refractivity contribution is 6.33. The van der Waals surface area contributed by atoms with E-state index in [1.165, 1.54) is 0 Å². The molecule has 0 atom stereocenters. The molecule has 0 saturated carbocycles. The molecular weight excluding hydrogens is 390 g/mol. The average Bonchev–Trinajstić information content (AvgIpc) is 3.11. The Bertz CT molecular complexity index is 1010. The van der Waals surface area contributed by atoms with Gasteiger partial charge in [0.2, 0.25) is 5.95 Å². The number of halogens is 1. The van der Waals surface area contributed by atoms with E-state index < -0.39 is 0 Å². The highest BCUT2D eigenvalue weighted by Crippen LogP contribution is 2.31. The minimum Gasteiger partial charge on any atom is -0.360 e. The third-order valence-corrected chi connectivity index (χ3v) is 5.51. The molecule has 1 aliphatic heterocycles. The summed E-state index contributed by atoms with van der Waals surface area (Å²) in [4.78, 5) is 23.9. The van der Waals surface area contributed by atoms with E-state index in [2.05, 4.69) is 32.3 Å². The summed E-state index contributed by atoms with van der Waals surface area (Å²) in [6, 6.07) is 7.20. The van der Waals surface area contributed by atoms with Crippen LogP contribution in [0.1, 0.15) is 35.9 Å². The highest BCUT2D eigenvalue weighted by atomic mass is 35.5. The Morgan fingerprint density at radius 3 is 2.59 bits per heavy atom. The number of carbonyl (C=O) groups excluding carboxylic acids is 1. The van der Waals surface area contributed by atoms with Crippen molar-refractivity contribution < 1.29 is 9.32 Å². The fraction of sp³-hybridized carbons (Fsp3) is 0.333. The number of aryl methyl sites for hydroxylation is 1. The van der Waals surface area contributed by atoms with Crippen molar-refractivity contribution in [1.29, 1.82) is 0 Å². The van der Waals surface area contributed by atoms with Crippen molar-refractivity contribution >= 4 is 29.1 Å². The maximum Gasteiger partial charge on any atom is 0.261 e. The Morgan fingerprint density at radius 1 is 1.21 bits per heavy atom. The molecule has 0 spiro atoms. The highest BCUT2D eigenvalue weighted by Gasteiger charge is 2.23. The third-order valence-electron chi connectivity index (χ3n) is 5.18. The van der Waals surface area contributed by atoms with Crippen molar-refractivity contribution in [1.82, 2.24) is 15.1 Å². The molecule has 29 heavy (non-hydrogen) atoms. The molecule has 7 nitrogen and oxygen atoms in total. The summed E-state index contributed by atoms with van der Waals surface area (Å²) in [5.41, 5.74) is 1.90. The van der Waals surface area contributed by atoms with Gasteiger partial charge < -0.3 is 14.7 Å². The van der Waals surface area contributed by atoms with Gasteiger partial charge in [0, 0.05) is 18.7 Å². The van der Waals surface area contributed by atoms with Gasteiger partial charge in [-0.15, -0.1) is 0 Å². The summed E-state index contributed by atoms with van der Waals surface area (Å²) in [6.07, 6.45) is 5.52. The van der Waals surface area contributed by atoms with E-state index in [0.717, 1.165) is 31.8 Å². The second-order valence-electron chi connectivity index (χ2n) is 7.34. The maximum atomic E-state index is 12.9. The number of hydrogen-bond acceptors (Lipinski definition) is 6. The van der Waals surface area contributed by atoms with Crippen molar-refractivity contribution in [3.8, 4) is 11.3 Å². The van der Waals surface area contributed by atoms with Crippen LogP contribution in [0.15, 0.2) is 41.2 Å². The van der Waals surface area contributed by atoms with Crippen molar-refractivity contribution in [2.45, 2.75) is 26.7 Å². The summed E-state index contributed by atoms with van der Waals surface area (Å²) < 4.78 is 5.26. The molecule has 150 valence electrons. The first-order chi connectivity index (χ1) is 14.0. The normalized spacial score (nSPS) is 14.8. The quantitative estimate of drug-likeness (QED) is 0.676. The zero-order chi connectivity index (χ0) is 20.4. The first-order valence-corrected chi connectivity index (χ1v) is 10.00. The first-order valence-electron chi connectivity index (χ1n) is 9.62. The third kappa shape index (κ3) is 4.10. The molecule has 1 aliphatic rings. The van der Waals surface area contributed by atoms with Gasteiger partial charge in [0.05, 0.1) is 23.1 Å². The van der Waals surface area contributed by atoms with E-state index in [0.29, 0.717) is 39.2 Å². The average molecular weight is 412 g/mol. The van der Waals surface area contributed by atoms with Gasteiger partial charge >= 0.3 is 0 Å². The van der Waals surface area contributed by atoms with Crippen LogP contribution in [0.3, 0.4) is 0 Å². The smallest absolute Gasteiger partial charge is 0.261 e. The van der Waals surface area contributed by atoms with Crippen molar-refractivity contribution in [3.63, 3.8) is 0 Å². The molecule has 1 amide bonds. The lowest BCUT2D eigenvalue weighted by molar-refractivity contribution is 0.102. The molecular formula is C21H22ClN5O2. The zero-order valence-corrected chi connectivity index (χ0v) is 17.1. The van der Waals surface area contributed by atoms with Crippen LogP contribution >= 0.6 is 11.6 Å². The van der Waals surface area contributed by atoms with Gasteiger partial charge in [0.15, 0.2) is 0 Å². The van der Waals surface area contributed by atoms with Crippen LogP contribution in [-0.4, -0.2) is 34.1 Å². The van der Waals surface area contributed by atoms with Crippen molar-refractivity contribution in [3.05, 3.63) is 53.0 Å². The summed E-state index contributed by atoms with van der Waals surface area (Å²) >= 11 is 6.27. The van der Waals surface area contributed by atoms with E-state index in [4.69, 9.17) is 16.1 Å². The lowest BCUT2D eigenvalue weighted by Crippen LogP contribution is -2.34. The molecule has 2 aromatic heterocycles. The molecule has 4 rings (SSSR count). The van der Waals surface area contributed by atoms with Crippen LogP contribution in [0, 0.1) is 12.8 Å². The SMILES string of the molecule is Cc1onc(-c2ccccc2Cl)c1C(=O)Nc1cnc(N2CCC(C)CC2)nc1. The predicted molar refractivity (Wildman–Crippen MR) is 112 cm³/mol. The lowest BCUT2D eigenvalue weighted by Gasteiger charge is -2.30. The number of nitrogens with zero attached hydrogens (tertiary/aromatic N) is 4. The minimum atomic E-state index is -0.346. The van der Waals surface area contributed by atoms with Crippen LogP contribution < -0.4 is 10.2 Å². The fourth-order valence-electron chi connectivity index (χ4n) is 3.43. The largest absolute Gasteiger partial charge is 0.360 e. The Kier molecular flexibility index (Phi) is 5.49. The predicted octanol–water partition coefficient (Wildman–Crippen LogP) is 4.58. The van der Waals surface area contributed by atoms with Gasteiger partial charge in [-0.05, 0) is 31.7 Å². The number of amides is 1. The summed E-state index contributed by atoms with van der Waals surface area (Å²) in [7, 11) is 0.